The predicted molar refractivity (Wildman–Crippen MR) is 54.5 cm³/mol. The van der Waals surface area contributed by atoms with Crippen LogP contribution < -0.4 is 4.90 Å². The fraction of sp³-hybridized carbons (Fsp3) is 0.222. The molecular formula is C9H8F2N4O2. The molecule has 0 atom stereocenters. The molecule has 1 N–H and O–H groups in total. The Labute approximate surface area is 94.8 Å². The van der Waals surface area contributed by atoms with Crippen LogP contribution >= 0.6 is 0 Å². The van der Waals surface area contributed by atoms with Crippen molar-refractivity contribution in [2.24, 2.45) is 0 Å². The van der Waals surface area contributed by atoms with Crippen LogP contribution in [0.5, 0.6) is 0 Å². The molecule has 8 heteroatoms. The number of hydrogen-bond donors (Lipinski definition) is 1. The molecule has 1 saturated heterocycles. The second-order valence-corrected chi connectivity index (χ2v) is 2.99. The molecule has 0 radical (unpaired) electrons. The zero-order valence-electron chi connectivity index (χ0n) is 8.56. The first-order chi connectivity index (χ1) is 8.08. The highest BCUT2D eigenvalue weighted by molar-refractivity contribution is 5.89. The molecule has 1 heterocycles. The van der Waals surface area contributed by atoms with Gasteiger partial charge in [-0.05, 0) is 22.6 Å². The van der Waals surface area contributed by atoms with Crippen LogP contribution in [0.3, 0.4) is 0 Å². The zero-order chi connectivity index (χ0) is 12.8. The van der Waals surface area contributed by atoms with Gasteiger partial charge in [-0.1, -0.05) is 0 Å². The monoisotopic (exact) mass is 242 g/mol. The Balaban J connectivity index is 0.000000437. The van der Waals surface area contributed by atoms with E-state index in [0.29, 0.717) is 6.54 Å². The lowest BCUT2D eigenvalue weighted by atomic mass is 10.3. The van der Waals surface area contributed by atoms with Crippen LogP contribution in [0.4, 0.5) is 19.3 Å². The molecule has 17 heavy (non-hydrogen) atoms. The van der Waals surface area contributed by atoms with Crippen molar-refractivity contribution < 1.29 is 18.3 Å². The van der Waals surface area contributed by atoms with Crippen molar-refractivity contribution in [3.63, 3.8) is 0 Å². The van der Waals surface area contributed by atoms with Gasteiger partial charge in [-0.2, -0.15) is 0 Å². The Bertz CT molecular complexity index is 440. The number of anilines is 1. The molecule has 1 aliphatic rings. The van der Waals surface area contributed by atoms with Crippen molar-refractivity contribution in [1.82, 2.24) is 0 Å². The Kier molecular flexibility index (Phi) is 4.24. The van der Waals surface area contributed by atoms with Crippen molar-refractivity contribution in [3.05, 3.63) is 40.3 Å². The molecule has 1 aromatic carbocycles. The van der Waals surface area contributed by atoms with Crippen LogP contribution in [0.25, 0.3) is 10.4 Å². The van der Waals surface area contributed by atoms with Gasteiger partial charge in [0, 0.05) is 6.07 Å². The fourth-order valence-electron chi connectivity index (χ4n) is 1.32. The molecule has 0 aromatic heterocycles. The predicted octanol–water partition coefficient (Wildman–Crippen LogP) is 2.80. The maximum absolute atomic E-state index is 12.8. The van der Waals surface area contributed by atoms with Crippen LogP contribution in [-0.2, 0) is 4.74 Å². The van der Waals surface area contributed by atoms with Gasteiger partial charge in [0.2, 0.25) is 0 Å². The minimum absolute atomic E-state index is 0.185. The summed E-state index contributed by atoms with van der Waals surface area (Å²) < 4.78 is 30.2. The summed E-state index contributed by atoms with van der Waals surface area (Å²) in [5.41, 5.74) is 12.4. The van der Waals surface area contributed by atoms with E-state index < -0.39 is 17.7 Å². The maximum Gasteiger partial charge on any atom is 0.414 e. The Morgan fingerprint density at radius 2 is 1.88 bits per heavy atom. The number of rotatable bonds is 1. The van der Waals surface area contributed by atoms with Gasteiger partial charge < -0.3 is 4.74 Å². The van der Waals surface area contributed by atoms with E-state index in [1.54, 1.807) is 4.91 Å². The molecule has 1 aromatic rings. The highest BCUT2D eigenvalue weighted by Gasteiger charge is 2.24. The van der Waals surface area contributed by atoms with Crippen LogP contribution in [0.2, 0.25) is 0 Å². The van der Waals surface area contributed by atoms with Crippen molar-refractivity contribution >= 4 is 11.8 Å². The van der Waals surface area contributed by atoms with E-state index in [-0.39, 0.29) is 12.3 Å². The molecule has 6 nitrogen and oxygen atoms in total. The summed E-state index contributed by atoms with van der Waals surface area (Å²) in [4.78, 5) is 14.0. The van der Waals surface area contributed by atoms with Gasteiger partial charge in [0.25, 0.3) is 0 Å². The maximum atomic E-state index is 12.8. The average Bonchev–Trinajstić information content (AvgIpc) is 2.64. The minimum atomic E-state index is -0.709. The lowest BCUT2D eigenvalue weighted by Crippen LogP contribution is -2.23. The van der Waals surface area contributed by atoms with Crippen LogP contribution in [0, 0.1) is 17.2 Å². The largest absolute Gasteiger partial charge is 0.447 e. The first kappa shape index (κ1) is 12.7. The summed E-state index contributed by atoms with van der Waals surface area (Å²) in [6.07, 6.45) is -0.574. The standard InChI is InChI=1S/C9H7F2NO2.HN3/c10-6-3-7(11)5-8(4-6)12-1-2-14-9(12)13;1-3-2/h3-5H,1-2H2;1H. The van der Waals surface area contributed by atoms with E-state index in [1.165, 1.54) is 4.90 Å². The number of ether oxygens (including phenoxy) is 1. The molecule has 1 amide bonds. The third-order valence-corrected chi connectivity index (χ3v) is 1.92. The number of benzene rings is 1. The fourth-order valence-corrected chi connectivity index (χ4v) is 1.32. The normalized spacial score (nSPS) is 13.5. The second kappa shape index (κ2) is 5.66. The Morgan fingerprint density at radius 1 is 1.35 bits per heavy atom. The lowest BCUT2D eigenvalue weighted by Gasteiger charge is -2.12. The third-order valence-electron chi connectivity index (χ3n) is 1.92. The van der Waals surface area contributed by atoms with Crippen molar-refractivity contribution in [3.8, 4) is 0 Å². The topological polar surface area (TPSA) is 89.8 Å². The number of hydrogen-bond acceptors (Lipinski definition) is 3. The molecule has 0 bridgehead atoms. The van der Waals surface area contributed by atoms with Crippen LogP contribution in [0.1, 0.15) is 0 Å². The molecule has 1 aliphatic heterocycles. The first-order valence-electron chi connectivity index (χ1n) is 4.49. The Hall–Kier alpha value is -2.34. The lowest BCUT2D eigenvalue weighted by molar-refractivity contribution is 0.181. The highest BCUT2D eigenvalue weighted by atomic mass is 19.1. The van der Waals surface area contributed by atoms with Crippen LogP contribution in [-0.4, -0.2) is 19.2 Å². The van der Waals surface area contributed by atoms with Gasteiger partial charge in [0.05, 0.1) is 12.2 Å². The number of carbonyl (C=O) groups excluding carboxylic acids is 1. The number of halogens is 2. The van der Waals surface area contributed by atoms with Gasteiger partial charge in [-0.25, -0.2) is 13.6 Å². The first-order valence-corrected chi connectivity index (χ1v) is 4.49. The Morgan fingerprint density at radius 3 is 2.29 bits per heavy atom. The molecule has 90 valence electrons. The van der Waals surface area contributed by atoms with Gasteiger partial charge in [-0.15, -0.1) is 5.53 Å². The average molecular weight is 242 g/mol. The van der Waals surface area contributed by atoms with Crippen molar-refractivity contribution in [2.45, 2.75) is 0 Å². The molecule has 0 spiro atoms. The molecule has 0 unspecified atom stereocenters. The van der Waals surface area contributed by atoms with Gasteiger partial charge >= 0.3 is 6.09 Å². The van der Waals surface area contributed by atoms with E-state index in [1.807, 2.05) is 0 Å². The second-order valence-electron chi connectivity index (χ2n) is 2.99. The summed E-state index contributed by atoms with van der Waals surface area (Å²) in [5.74, 6) is -1.42. The zero-order valence-corrected chi connectivity index (χ0v) is 8.56. The third kappa shape index (κ3) is 3.32. The SMILES string of the molecule is O=C1OCCN1c1cc(F)cc(F)c1.[N-]=[N+]=N. The molecular weight excluding hydrogens is 234 g/mol. The summed E-state index contributed by atoms with van der Waals surface area (Å²) >= 11 is 0. The molecule has 1 fully saturated rings. The summed E-state index contributed by atoms with van der Waals surface area (Å²) in [7, 11) is 0. The summed E-state index contributed by atoms with van der Waals surface area (Å²) in [5, 5.41) is 0. The number of nitrogens with zero attached hydrogens (tertiary/aromatic N) is 3. The smallest absolute Gasteiger partial charge is 0.414 e. The number of carbonyl (C=O) groups is 1. The number of cyclic esters (lactones) is 1. The van der Waals surface area contributed by atoms with Gasteiger partial charge in [-0.3, -0.25) is 4.90 Å². The van der Waals surface area contributed by atoms with Crippen molar-refractivity contribution in [2.75, 3.05) is 18.1 Å². The van der Waals surface area contributed by atoms with Crippen LogP contribution in [0.15, 0.2) is 18.2 Å². The van der Waals surface area contributed by atoms with E-state index in [4.69, 9.17) is 11.1 Å². The molecule has 0 aliphatic carbocycles. The van der Waals surface area contributed by atoms with Gasteiger partial charge in [0.1, 0.15) is 18.2 Å². The van der Waals surface area contributed by atoms with Gasteiger partial charge in [0.15, 0.2) is 0 Å². The van der Waals surface area contributed by atoms with E-state index in [9.17, 15) is 13.6 Å². The quantitative estimate of drug-likeness (QED) is 0.466. The molecule has 0 saturated carbocycles. The van der Waals surface area contributed by atoms with E-state index in [0.717, 1.165) is 18.2 Å². The number of amides is 1. The highest BCUT2D eigenvalue weighted by Crippen LogP contribution is 2.20. The minimum Gasteiger partial charge on any atom is -0.447 e. The van der Waals surface area contributed by atoms with Crippen molar-refractivity contribution in [1.29, 1.82) is 5.53 Å². The summed E-state index contributed by atoms with van der Waals surface area (Å²) in [6, 6.07) is 2.94. The number of nitrogens with one attached hydrogen (secondary N) is 1. The molecule has 2 rings (SSSR count). The summed E-state index contributed by atoms with van der Waals surface area (Å²) in [6.45, 7) is 0.568. The van der Waals surface area contributed by atoms with E-state index in [2.05, 4.69) is 4.74 Å². The van der Waals surface area contributed by atoms with E-state index >= 15 is 0 Å².